The first kappa shape index (κ1) is 23.6. The average molecular weight is 422 g/mol. The topological polar surface area (TPSA) is 78.9 Å². The number of benzene rings is 2. The van der Waals surface area contributed by atoms with Crippen molar-refractivity contribution < 1.29 is 28.6 Å². The van der Waals surface area contributed by atoms with Gasteiger partial charge in [-0.25, -0.2) is 9.59 Å². The first-order valence-corrected chi connectivity index (χ1v) is 9.75. The van der Waals surface area contributed by atoms with E-state index in [9.17, 15) is 14.4 Å². The van der Waals surface area contributed by atoms with Gasteiger partial charge >= 0.3 is 11.9 Å². The summed E-state index contributed by atoms with van der Waals surface area (Å²) in [4.78, 5) is 33.9. The molecule has 0 fully saturated rings. The molecular weight excluding hydrogens is 396 g/mol. The van der Waals surface area contributed by atoms with Crippen molar-refractivity contribution in [3.63, 3.8) is 0 Å². The summed E-state index contributed by atoms with van der Waals surface area (Å²) in [7, 11) is 0. The second-order valence-electron chi connectivity index (χ2n) is 7.26. The van der Waals surface area contributed by atoms with Crippen molar-refractivity contribution in [2.75, 3.05) is 13.2 Å². The second-order valence-corrected chi connectivity index (χ2v) is 7.26. The molecule has 0 aliphatic heterocycles. The molecule has 0 atom stereocenters. The van der Waals surface area contributed by atoms with Gasteiger partial charge in [0, 0.05) is 17.1 Å². The molecular formula is C25H26O6. The minimum absolute atomic E-state index is 0.106. The molecule has 2 aromatic carbocycles. The standard InChI is InChI=1S/C25H26O6/c1-17(2)24(27)29-14-20(15-30-25(28)18(3)4)13-19-5-7-21(8-6-19)22-9-11-23(12-10-22)31-16-26/h5-12,16,20H,1,3,13-15H2,2,4H3. The molecule has 0 bridgehead atoms. The van der Waals surface area contributed by atoms with Crippen LogP contribution in [-0.4, -0.2) is 31.6 Å². The van der Waals surface area contributed by atoms with Crippen molar-refractivity contribution >= 4 is 18.4 Å². The van der Waals surface area contributed by atoms with Crippen LogP contribution in [0.5, 0.6) is 5.75 Å². The Morgan fingerprint density at radius 3 is 1.71 bits per heavy atom. The molecule has 0 spiro atoms. The highest BCUT2D eigenvalue weighted by atomic mass is 16.5. The van der Waals surface area contributed by atoms with Crippen molar-refractivity contribution in [2.24, 2.45) is 5.92 Å². The van der Waals surface area contributed by atoms with Gasteiger partial charge in [-0.1, -0.05) is 49.6 Å². The summed E-state index contributed by atoms with van der Waals surface area (Å²) in [5.41, 5.74) is 3.61. The lowest BCUT2D eigenvalue weighted by atomic mass is 9.98. The quantitative estimate of drug-likeness (QED) is 0.305. The van der Waals surface area contributed by atoms with Crippen LogP contribution < -0.4 is 4.74 Å². The predicted molar refractivity (Wildman–Crippen MR) is 117 cm³/mol. The number of esters is 2. The number of rotatable bonds is 11. The normalized spacial score (nSPS) is 10.3. The van der Waals surface area contributed by atoms with Crippen LogP contribution in [0, 0.1) is 5.92 Å². The molecule has 6 heteroatoms. The minimum atomic E-state index is -0.478. The first-order chi connectivity index (χ1) is 14.8. The van der Waals surface area contributed by atoms with E-state index in [4.69, 9.17) is 14.2 Å². The monoisotopic (exact) mass is 422 g/mol. The van der Waals surface area contributed by atoms with Gasteiger partial charge in [0.15, 0.2) is 0 Å². The Kier molecular flexibility index (Phi) is 8.76. The van der Waals surface area contributed by atoms with E-state index in [1.54, 1.807) is 26.0 Å². The zero-order valence-corrected chi connectivity index (χ0v) is 17.8. The van der Waals surface area contributed by atoms with Gasteiger partial charge in [-0.05, 0) is 49.1 Å². The van der Waals surface area contributed by atoms with Gasteiger partial charge in [0.25, 0.3) is 6.47 Å². The van der Waals surface area contributed by atoms with E-state index >= 15 is 0 Å². The zero-order chi connectivity index (χ0) is 22.8. The Balaban J connectivity index is 2.06. The number of hydrogen-bond acceptors (Lipinski definition) is 6. The number of carbonyl (C=O) groups is 3. The fourth-order valence-electron chi connectivity index (χ4n) is 2.75. The van der Waals surface area contributed by atoms with Crippen molar-refractivity contribution in [3.8, 4) is 16.9 Å². The van der Waals surface area contributed by atoms with Gasteiger partial charge < -0.3 is 14.2 Å². The van der Waals surface area contributed by atoms with E-state index in [-0.39, 0.29) is 19.1 Å². The van der Waals surface area contributed by atoms with Crippen molar-refractivity contribution in [3.05, 3.63) is 78.4 Å². The maximum Gasteiger partial charge on any atom is 0.333 e. The lowest BCUT2D eigenvalue weighted by Gasteiger charge is -2.18. The fraction of sp³-hybridized carbons (Fsp3) is 0.240. The first-order valence-electron chi connectivity index (χ1n) is 9.75. The number of ether oxygens (including phenoxy) is 3. The second kappa shape index (κ2) is 11.5. The van der Waals surface area contributed by atoms with E-state index in [0.717, 1.165) is 16.7 Å². The molecule has 0 saturated carbocycles. The fourth-order valence-corrected chi connectivity index (χ4v) is 2.75. The molecule has 0 aliphatic carbocycles. The van der Waals surface area contributed by atoms with Gasteiger partial charge in [0.1, 0.15) is 5.75 Å². The van der Waals surface area contributed by atoms with Gasteiger partial charge in [0.05, 0.1) is 13.2 Å². The Morgan fingerprint density at radius 1 is 0.839 bits per heavy atom. The van der Waals surface area contributed by atoms with Crippen LogP contribution in [0.2, 0.25) is 0 Å². The third kappa shape index (κ3) is 7.59. The smallest absolute Gasteiger partial charge is 0.333 e. The predicted octanol–water partition coefficient (Wildman–Crippen LogP) is 4.29. The van der Waals surface area contributed by atoms with Crippen molar-refractivity contribution in [1.82, 2.24) is 0 Å². The minimum Gasteiger partial charge on any atom is -0.462 e. The largest absolute Gasteiger partial charge is 0.462 e. The molecule has 0 aromatic heterocycles. The van der Waals surface area contributed by atoms with Crippen LogP contribution in [0.15, 0.2) is 72.8 Å². The third-order valence-corrected chi connectivity index (χ3v) is 4.45. The van der Waals surface area contributed by atoms with Gasteiger partial charge in [0.2, 0.25) is 0 Å². The molecule has 0 heterocycles. The SMILES string of the molecule is C=C(C)C(=O)OCC(COC(=O)C(=C)C)Cc1ccc(-c2ccc(OC=O)cc2)cc1. The van der Waals surface area contributed by atoms with E-state index in [1.165, 1.54) is 0 Å². The van der Waals surface area contributed by atoms with Crippen molar-refractivity contribution in [2.45, 2.75) is 20.3 Å². The molecule has 0 radical (unpaired) electrons. The summed E-state index contributed by atoms with van der Waals surface area (Å²) >= 11 is 0. The van der Waals surface area contributed by atoms with Crippen molar-refractivity contribution in [1.29, 1.82) is 0 Å². The van der Waals surface area contributed by atoms with Crippen LogP contribution in [0.25, 0.3) is 11.1 Å². The molecule has 31 heavy (non-hydrogen) atoms. The maximum atomic E-state index is 11.7. The molecule has 0 aliphatic rings. The molecule has 0 amide bonds. The highest BCUT2D eigenvalue weighted by Gasteiger charge is 2.16. The maximum absolute atomic E-state index is 11.7. The van der Waals surface area contributed by atoms with E-state index in [1.807, 2.05) is 36.4 Å². The van der Waals surface area contributed by atoms with Gasteiger partial charge in [-0.3, -0.25) is 4.79 Å². The average Bonchev–Trinajstić information content (AvgIpc) is 2.76. The molecule has 6 nitrogen and oxygen atoms in total. The van der Waals surface area contributed by atoms with E-state index in [0.29, 0.717) is 29.8 Å². The number of hydrogen-bond donors (Lipinski definition) is 0. The van der Waals surface area contributed by atoms with Crippen LogP contribution in [0.3, 0.4) is 0 Å². The summed E-state index contributed by atoms with van der Waals surface area (Å²) in [6.45, 7) is 10.9. The molecule has 0 unspecified atom stereocenters. The molecule has 0 saturated heterocycles. The van der Waals surface area contributed by atoms with E-state index < -0.39 is 11.9 Å². The van der Waals surface area contributed by atoms with Crippen LogP contribution in [0.1, 0.15) is 19.4 Å². The molecule has 0 N–H and O–H groups in total. The molecule has 2 aromatic rings. The zero-order valence-electron chi connectivity index (χ0n) is 17.8. The van der Waals surface area contributed by atoms with Gasteiger partial charge in [-0.2, -0.15) is 0 Å². The summed E-state index contributed by atoms with van der Waals surface area (Å²) in [5, 5.41) is 0. The Labute approximate surface area is 182 Å². The lowest BCUT2D eigenvalue weighted by Crippen LogP contribution is -2.23. The Bertz CT molecular complexity index is 911. The Hall–Kier alpha value is -3.67. The number of carbonyl (C=O) groups excluding carboxylic acids is 3. The Morgan fingerprint density at radius 2 is 1.29 bits per heavy atom. The summed E-state index contributed by atoms with van der Waals surface area (Å²) in [6, 6.07) is 15.1. The summed E-state index contributed by atoms with van der Waals surface area (Å²) < 4.78 is 15.3. The van der Waals surface area contributed by atoms with E-state index in [2.05, 4.69) is 13.2 Å². The summed E-state index contributed by atoms with van der Waals surface area (Å²) in [6.07, 6.45) is 0.555. The molecule has 162 valence electrons. The highest BCUT2D eigenvalue weighted by molar-refractivity contribution is 5.87. The molecule has 2 rings (SSSR count). The lowest BCUT2D eigenvalue weighted by molar-refractivity contribution is -0.144. The summed E-state index contributed by atoms with van der Waals surface area (Å²) in [5.74, 6) is -0.689. The van der Waals surface area contributed by atoms with Crippen LogP contribution in [0.4, 0.5) is 0 Å². The van der Waals surface area contributed by atoms with Crippen LogP contribution in [-0.2, 0) is 30.3 Å². The third-order valence-electron chi connectivity index (χ3n) is 4.45. The highest BCUT2D eigenvalue weighted by Crippen LogP contribution is 2.23. The van der Waals surface area contributed by atoms with Crippen LogP contribution >= 0.6 is 0 Å². The van der Waals surface area contributed by atoms with Gasteiger partial charge in [-0.15, -0.1) is 0 Å².